The van der Waals surface area contributed by atoms with E-state index in [4.69, 9.17) is 4.74 Å². The van der Waals surface area contributed by atoms with Crippen molar-refractivity contribution in [3.05, 3.63) is 59.4 Å². The minimum Gasteiger partial charge on any atom is -0.507 e. The summed E-state index contributed by atoms with van der Waals surface area (Å²) < 4.78 is 18.2. The van der Waals surface area contributed by atoms with Gasteiger partial charge in [0, 0.05) is 24.2 Å². The minimum absolute atomic E-state index is 0.00722. The molecular formula is C16H18FNO2. The van der Waals surface area contributed by atoms with Crippen molar-refractivity contribution in [1.82, 2.24) is 5.32 Å². The highest BCUT2D eigenvalue weighted by atomic mass is 19.1. The molecule has 0 radical (unpaired) electrons. The number of aromatic hydroxyl groups is 1. The second-order valence-electron chi connectivity index (χ2n) is 4.65. The Morgan fingerprint density at radius 1 is 1.25 bits per heavy atom. The number of hydrogen-bond acceptors (Lipinski definition) is 3. The van der Waals surface area contributed by atoms with Crippen molar-refractivity contribution in [2.45, 2.75) is 19.5 Å². The van der Waals surface area contributed by atoms with Crippen LogP contribution in [0.2, 0.25) is 0 Å². The summed E-state index contributed by atoms with van der Waals surface area (Å²) in [7, 11) is 1.55. The molecule has 2 aromatic carbocycles. The van der Waals surface area contributed by atoms with E-state index in [1.165, 1.54) is 12.1 Å². The van der Waals surface area contributed by atoms with Gasteiger partial charge in [-0.15, -0.1) is 0 Å². The molecule has 2 N–H and O–H groups in total. The molecule has 0 bridgehead atoms. The first kappa shape index (κ1) is 14.3. The lowest BCUT2D eigenvalue weighted by Gasteiger charge is -2.15. The number of phenolic OH excluding ortho intramolecular Hbond substituents is 1. The van der Waals surface area contributed by atoms with E-state index < -0.39 is 0 Å². The Morgan fingerprint density at radius 2 is 2.05 bits per heavy atom. The van der Waals surface area contributed by atoms with E-state index >= 15 is 0 Å². The van der Waals surface area contributed by atoms with Gasteiger partial charge >= 0.3 is 0 Å². The molecule has 0 aliphatic carbocycles. The first-order valence-electron chi connectivity index (χ1n) is 6.45. The maximum absolute atomic E-state index is 13.2. The second kappa shape index (κ2) is 6.39. The number of ether oxygens (including phenoxy) is 1. The lowest BCUT2D eigenvalue weighted by Crippen LogP contribution is -2.18. The largest absolute Gasteiger partial charge is 0.507 e. The van der Waals surface area contributed by atoms with E-state index in [2.05, 4.69) is 5.32 Å². The zero-order valence-electron chi connectivity index (χ0n) is 11.6. The Morgan fingerprint density at radius 3 is 2.70 bits per heavy atom. The third-order valence-electron chi connectivity index (χ3n) is 3.24. The van der Waals surface area contributed by atoms with Crippen molar-refractivity contribution >= 4 is 0 Å². The normalized spacial score (nSPS) is 12.2. The number of halogens is 1. The quantitative estimate of drug-likeness (QED) is 0.879. The van der Waals surface area contributed by atoms with Crippen LogP contribution in [0.5, 0.6) is 11.5 Å². The number of rotatable bonds is 5. The predicted octanol–water partition coefficient (Wildman–Crippen LogP) is 3.39. The van der Waals surface area contributed by atoms with Gasteiger partial charge in [0.25, 0.3) is 0 Å². The van der Waals surface area contributed by atoms with Crippen molar-refractivity contribution < 1.29 is 14.2 Å². The molecule has 0 heterocycles. The van der Waals surface area contributed by atoms with Gasteiger partial charge in [-0.2, -0.15) is 0 Å². The number of benzene rings is 2. The fourth-order valence-electron chi connectivity index (χ4n) is 1.98. The maximum atomic E-state index is 13.2. The monoisotopic (exact) mass is 275 g/mol. The molecule has 0 saturated heterocycles. The summed E-state index contributed by atoms with van der Waals surface area (Å²) in [6.07, 6.45) is 0. The third-order valence-corrected chi connectivity index (χ3v) is 3.24. The molecule has 0 fully saturated rings. The molecule has 0 saturated carbocycles. The number of phenols is 1. The molecule has 0 aromatic heterocycles. The van der Waals surface area contributed by atoms with Gasteiger partial charge in [0.1, 0.15) is 17.3 Å². The third kappa shape index (κ3) is 3.48. The molecule has 4 heteroatoms. The molecule has 0 unspecified atom stereocenters. The average Bonchev–Trinajstić information content (AvgIpc) is 2.45. The van der Waals surface area contributed by atoms with Gasteiger partial charge in [-0.05, 0) is 30.7 Å². The van der Waals surface area contributed by atoms with Crippen molar-refractivity contribution in [3.63, 3.8) is 0 Å². The van der Waals surface area contributed by atoms with Gasteiger partial charge in [0.2, 0.25) is 0 Å². The van der Waals surface area contributed by atoms with E-state index in [0.717, 1.165) is 11.1 Å². The van der Waals surface area contributed by atoms with Gasteiger partial charge in [0.15, 0.2) is 0 Å². The van der Waals surface area contributed by atoms with Crippen LogP contribution >= 0.6 is 0 Å². The summed E-state index contributed by atoms with van der Waals surface area (Å²) in [6.45, 7) is 2.45. The fraction of sp³-hybridized carbons (Fsp3) is 0.250. The van der Waals surface area contributed by atoms with Crippen molar-refractivity contribution in [3.8, 4) is 11.5 Å². The molecule has 20 heavy (non-hydrogen) atoms. The lowest BCUT2D eigenvalue weighted by atomic mass is 10.1. The summed E-state index contributed by atoms with van der Waals surface area (Å²) in [5.74, 6) is 0.552. The zero-order valence-corrected chi connectivity index (χ0v) is 11.6. The van der Waals surface area contributed by atoms with Gasteiger partial charge in [-0.25, -0.2) is 4.39 Å². The van der Waals surface area contributed by atoms with E-state index in [-0.39, 0.29) is 17.6 Å². The second-order valence-corrected chi connectivity index (χ2v) is 4.65. The van der Waals surface area contributed by atoms with E-state index in [0.29, 0.717) is 12.3 Å². The molecule has 106 valence electrons. The topological polar surface area (TPSA) is 41.5 Å². The highest BCUT2D eigenvalue weighted by Gasteiger charge is 2.08. The molecule has 0 aliphatic rings. The average molecular weight is 275 g/mol. The van der Waals surface area contributed by atoms with Crippen molar-refractivity contribution in [2.24, 2.45) is 0 Å². The first-order chi connectivity index (χ1) is 9.60. The van der Waals surface area contributed by atoms with E-state index in [1.54, 1.807) is 31.4 Å². The van der Waals surface area contributed by atoms with Crippen LogP contribution in [-0.4, -0.2) is 12.2 Å². The van der Waals surface area contributed by atoms with Gasteiger partial charge in [0.05, 0.1) is 7.11 Å². The Labute approximate surface area is 118 Å². The zero-order chi connectivity index (χ0) is 14.5. The van der Waals surface area contributed by atoms with Crippen LogP contribution in [-0.2, 0) is 6.54 Å². The smallest absolute Gasteiger partial charge is 0.123 e. The number of methoxy groups -OCH3 is 1. The SMILES string of the molecule is COc1ccc(CN[C@H](C)c2cccc(F)c2)c(O)c1. The molecular weight excluding hydrogens is 257 g/mol. The van der Waals surface area contributed by atoms with Crippen LogP contribution in [0.25, 0.3) is 0 Å². The molecule has 1 atom stereocenters. The molecule has 3 nitrogen and oxygen atoms in total. The first-order valence-corrected chi connectivity index (χ1v) is 6.45. The standard InChI is InChI=1S/C16H18FNO2/c1-11(12-4-3-5-14(17)8-12)18-10-13-6-7-15(20-2)9-16(13)19/h3-9,11,18-19H,10H2,1-2H3/t11-/m1/s1. The van der Waals surface area contributed by atoms with Gasteiger partial charge in [-0.3, -0.25) is 0 Å². The minimum atomic E-state index is -0.247. The molecule has 2 rings (SSSR count). The van der Waals surface area contributed by atoms with Crippen LogP contribution in [0.4, 0.5) is 4.39 Å². The van der Waals surface area contributed by atoms with Gasteiger partial charge in [-0.1, -0.05) is 18.2 Å². The Kier molecular flexibility index (Phi) is 4.58. The van der Waals surface area contributed by atoms with Crippen molar-refractivity contribution in [2.75, 3.05) is 7.11 Å². The van der Waals surface area contributed by atoms with Crippen LogP contribution in [0, 0.1) is 5.82 Å². The molecule has 0 spiro atoms. The summed E-state index contributed by atoms with van der Waals surface area (Å²) in [4.78, 5) is 0. The number of nitrogens with one attached hydrogen (secondary N) is 1. The summed E-state index contributed by atoms with van der Waals surface area (Å²) in [6, 6.07) is 11.7. The van der Waals surface area contributed by atoms with Crippen LogP contribution < -0.4 is 10.1 Å². The van der Waals surface area contributed by atoms with Crippen LogP contribution in [0.3, 0.4) is 0 Å². The van der Waals surface area contributed by atoms with Crippen LogP contribution in [0.1, 0.15) is 24.1 Å². The summed E-state index contributed by atoms with van der Waals surface area (Å²) >= 11 is 0. The van der Waals surface area contributed by atoms with Gasteiger partial charge < -0.3 is 15.2 Å². The Hall–Kier alpha value is -2.07. The molecule has 2 aromatic rings. The molecule has 0 aliphatic heterocycles. The highest BCUT2D eigenvalue weighted by molar-refractivity contribution is 5.39. The van der Waals surface area contributed by atoms with Crippen molar-refractivity contribution in [1.29, 1.82) is 0 Å². The lowest BCUT2D eigenvalue weighted by molar-refractivity contribution is 0.405. The Bertz CT molecular complexity index is 586. The van der Waals surface area contributed by atoms with Crippen LogP contribution in [0.15, 0.2) is 42.5 Å². The maximum Gasteiger partial charge on any atom is 0.123 e. The number of hydrogen-bond donors (Lipinski definition) is 2. The molecule has 0 amide bonds. The summed E-state index contributed by atoms with van der Waals surface area (Å²) in [5, 5.41) is 13.1. The van der Waals surface area contributed by atoms with E-state index in [9.17, 15) is 9.50 Å². The highest BCUT2D eigenvalue weighted by Crippen LogP contribution is 2.24. The Balaban J connectivity index is 2.01. The fourth-order valence-corrected chi connectivity index (χ4v) is 1.98. The summed E-state index contributed by atoms with van der Waals surface area (Å²) in [5.41, 5.74) is 1.65. The van der Waals surface area contributed by atoms with E-state index in [1.807, 2.05) is 13.0 Å². The predicted molar refractivity (Wildman–Crippen MR) is 76.3 cm³/mol.